The van der Waals surface area contributed by atoms with Crippen molar-refractivity contribution in [2.75, 3.05) is 5.88 Å². The Morgan fingerprint density at radius 3 is 2.87 bits per heavy atom. The second-order valence-electron chi connectivity index (χ2n) is 4.67. The Morgan fingerprint density at radius 1 is 1.33 bits per heavy atom. The number of rotatable bonds is 4. The van der Waals surface area contributed by atoms with E-state index in [0.29, 0.717) is 18.3 Å². The SMILES string of the molecule is CC1CCCC(NC(=O)CCCCl)CC1. The third kappa shape index (κ3) is 5.41. The van der Waals surface area contributed by atoms with Gasteiger partial charge in [-0.15, -0.1) is 11.6 Å². The van der Waals surface area contributed by atoms with Crippen molar-refractivity contribution in [1.29, 1.82) is 0 Å². The zero-order valence-electron chi connectivity index (χ0n) is 9.60. The van der Waals surface area contributed by atoms with Gasteiger partial charge in [0.15, 0.2) is 0 Å². The van der Waals surface area contributed by atoms with E-state index >= 15 is 0 Å². The van der Waals surface area contributed by atoms with E-state index in [1.54, 1.807) is 0 Å². The lowest BCUT2D eigenvalue weighted by Crippen LogP contribution is -2.34. The van der Waals surface area contributed by atoms with Crippen LogP contribution in [0.2, 0.25) is 0 Å². The molecular weight excluding hydrogens is 210 g/mol. The molecule has 0 aromatic carbocycles. The molecule has 0 radical (unpaired) electrons. The van der Waals surface area contributed by atoms with Crippen LogP contribution < -0.4 is 5.32 Å². The first kappa shape index (κ1) is 12.8. The van der Waals surface area contributed by atoms with Crippen molar-refractivity contribution in [2.45, 2.75) is 57.9 Å². The summed E-state index contributed by atoms with van der Waals surface area (Å²) in [6.45, 7) is 2.30. The van der Waals surface area contributed by atoms with Gasteiger partial charge in [0.1, 0.15) is 0 Å². The van der Waals surface area contributed by atoms with Crippen molar-refractivity contribution in [2.24, 2.45) is 5.92 Å². The summed E-state index contributed by atoms with van der Waals surface area (Å²) in [5.41, 5.74) is 0. The summed E-state index contributed by atoms with van der Waals surface area (Å²) >= 11 is 5.55. The molecule has 2 nitrogen and oxygen atoms in total. The Hall–Kier alpha value is -0.240. The molecule has 0 heterocycles. The van der Waals surface area contributed by atoms with Gasteiger partial charge in [-0.1, -0.05) is 19.8 Å². The molecule has 2 atom stereocenters. The van der Waals surface area contributed by atoms with Crippen molar-refractivity contribution >= 4 is 17.5 Å². The quantitative estimate of drug-likeness (QED) is 0.585. The van der Waals surface area contributed by atoms with Crippen LogP contribution in [-0.2, 0) is 4.79 Å². The predicted molar refractivity (Wildman–Crippen MR) is 64.1 cm³/mol. The van der Waals surface area contributed by atoms with Gasteiger partial charge in [0.05, 0.1) is 0 Å². The van der Waals surface area contributed by atoms with Crippen molar-refractivity contribution in [3.05, 3.63) is 0 Å². The van der Waals surface area contributed by atoms with E-state index in [-0.39, 0.29) is 5.91 Å². The number of amides is 1. The summed E-state index contributed by atoms with van der Waals surface area (Å²) in [4.78, 5) is 11.5. The third-order valence-corrected chi connectivity index (χ3v) is 3.43. The van der Waals surface area contributed by atoms with Gasteiger partial charge in [-0.3, -0.25) is 4.79 Å². The molecule has 1 fully saturated rings. The zero-order chi connectivity index (χ0) is 11.1. The minimum atomic E-state index is 0.176. The van der Waals surface area contributed by atoms with Crippen LogP contribution in [0.15, 0.2) is 0 Å². The zero-order valence-corrected chi connectivity index (χ0v) is 10.4. The van der Waals surface area contributed by atoms with Gasteiger partial charge in [-0.25, -0.2) is 0 Å². The minimum Gasteiger partial charge on any atom is -0.353 e. The number of halogens is 1. The van der Waals surface area contributed by atoms with Crippen LogP contribution >= 0.6 is 11.6 Å². The Kier molecular flexibility index (Phi) is 6.07. The average molecular weight is 232 g/mol. The molecule has 2 unspecified atom stereocenters. The Morgan fingerprint density at radius 2 is 2.13 bits per heavy atom. The van der Waals surface area contributed by atoms with Gasteiger partial charge >= 0.3 is 0 Å². The first-order chi connectivity index (χ1) is 7.22. The first-order valence-corrected chi connectivity index (χ1v) is 6.61. The molecule has 0 aromatic rings. The van der Waals surface area contributed by atoms with Gasteiger partial charge in [0.2, 0.25) is 5.91 Å². The fraction of sp³-hybridized carbons (Fsp3) is 0.917. The summed E-state index contributed by atoms with van der Waals surface area (Å²) in [5, 5.41) is 3.12. The van der Waals surface area contributed by atoms with E-state index in [2.05, 4.69) is 12.2 Å². The lowest BCUT2D eigenvalue weighted by Gasteiger charge is -2.16. The molecule has 1 aliphatic rings. The molecule has 15 heavy (non-hydrogen) atoms. The molecule has 0 bridgehead atoms. The monoisotopic (exact) mass is 231 g/mol. The van der Waals surface area contributed by atoms with Crippen LogP contribution in [0.5, 0.6) is 0 Å². The third-order valence-electron chi connectivity index (χ3n) is 3.16. The fourth-order valence-electron chi connectivity index (χ4n) is 2.16. The number of carbonyl (C=O) groups is 1. The van der Waals surface area contributed by atoms with E-state index in [1.807, 2.05) is 0 Å². The Balaban J connectivity index is 2.22. The smallest absolute Gasteiger partial charge is 0.220 e. The van der Waals surface area contributed by atoms with Crippen LogP contribution in [0.3, 0.4) is 0 Å². The van der Waals surface area contributed by atoms with Crippen LogP contribution in [0, 0.1) is 5.92 Å². The number of hydrogen-bond acceptors (Lipinski definition) is 1. The molecule has 0 spiro atoms. The molecule has 1 N–H and O–H groups in total. The summed E-state index contributed by atoms with van der Waals surface area (Å²) in [6, 6.07) is 0.415. The van der Waals surface area contributed by atoms with Crippen LogP contribution in [0.1, 0.15) is 51.9 Å². The molecule has 0 saturated heterocycles. The largest absolute Gasteiger partial charge is 0.353 e. The second-order valence-corrected chi connectivity index (χ2v) is 5.05. The normalized spacial score (nSPS) is 27.1. The van der Waals surface area contributed by atoms with E-state index in [9.17, 15) is 4.79 Å². The summed E-state index contributed by atoms with van der Waals surface area (Å²) < 4.78 is 0. The lowest BCUT2D eigenvalue weighted by atomic mass is 10.0. The number of hydrogen-bond donors (Lipinski definition) is 1. The molecule has 0 aromatic heterocycles. The fourth-order valence-corrected chi connectivity index (χ4v) is 2.29. The highest BCUT2D eigenvalue weighted by Crippen LogP contribution is 2.22. The molecule has 1 saturated carbocycles. The van der Waals surface area contributed by atoms with Gasteiger partial charge in [0, 0.05) is 18.3 Å². The topological polar surface area (TPSA) is 29.1 Å². The maximum Gasteiger partial charge on any atom is 0.220 e. The lowest BCUT2D eigenvalue weighted by molar-refractivity contribution is -0.121. The molecule has 1 aliphatic carbocycles. The maximum absolute atomic E-state index is 11.5. The van der Waals surface area contributed by atoms with Crippen molar-refractivity contribution in [1.82, 2.24) is 5.32 Å². The minimum absolute atomic E-state index is 0.176. The molecule has 1 amide bonds. The Bertz CT molecular complexity index is 196. The number of alkyl halides is 1. The molecule has 1 rings (SSSR count). The average Bonchev–Trinajstić information content (AvgIpc) is 2.41. The van der Waals surface area contributed by atoms with Crippen molar-refractivity contribution in [3.63, 3.8) is 0 Å². The standard InChI is InChI=1S/C12H22ClNO/c1-10-4-2-5-11(8-7-10)14-12(15)6-3-9-13/h10-11H,2-9H2,1H3,(H,14,15). The summed E-state index contributed by atoms with van der Waals surface area (Å²) in [5.74, 6) is 1.58. The Labute approximate surface area is 97.8 Å². The summed E-state index contributed by atoms with van der Waals surface area (Å²) in [7, 11) is 0. The van der Waals surface area contributed by atoms with E-state index in [1.165, 1.54) is 19.3 Å². The molecule has 88 valence electrons. The van der Waals surface area contributed by atoms with Crippen LogP contribution in [0.4, 0.5) is 0 Å². The predicted octanol–water partition coefficient (Wildman–Crippen LogP) is 3.09. The van der Waals surface area contributed by atoms with Gasteiger partial charge in [0.25, 0.3) is 0 Å². The highest BCUT2D eigenvalue weighted by Gasteiger charge is 2.17. The van der Waals surface area contributed by atoms with Gasteiger partial charge < -0.3 is 5.32 Å². The van der Waals surface area contributed by atoms with E-state index in [4.69, 9.17) is 11.6 Å². The highest BCUT2D eigenvalue weighted by molar-refractivity contribution is 6.17. The van der Waals surface area contributed by atoms with Gasteiger partial charge in [-0.2, -0.15) is 0 Å². The molecule has 0 aliphatic heterocycles. The maximum atomic E-state index is 11.5. The highest BCUT2D eigenvalue weighted by atomic mass is 35.5. The van der Waals surface area contributed by atoms with Crippen LogP contribution in [-0.4, -0.2) is 17.8 Å². The van der Waals surface area contributed by atoms with E-state index < -0.39 is 0 Å². The number of carbonyl (C=O) groups excluding carboxylic acids is 1. The first-order valence-electron chi connectivity index (χ1n) is 6.07. The van der Waals surface area contributed by atoms with Crippen LogP contribution in [0.25, 0.3) is 0 Å². The summed E-state index contributed by atoms with van der Waals surface area (Å²) in [6.07, 6.45) is 7.48. The van der Waals surface area contributed by atoms with Crippen molar-refractivity contribution in [3.8, 4) is 0 Å². The molecule has 3 heteroatoms. The molecular formula is C12H22ClNO. The van der Waals surface area contributed by atoms with Crippen molar-refractivity contribution < 1.29 is 4.79 Å². The van der Waals surface area contributed by atoms with Gasteiger partial charge in [-0.05, 0) is 31.6 Å². The second kappa shape index (κ2) is 7.10. The number of nitrogens with one attached hydrogen (secondary N) is 1. The van der Waals surface area contributed by atoms with E-state index in [0.717, 1.165) is 25.2 Å².